The van der Waals surface area contributed by atoms with Gasteiger partial charge in [-0.05, 0) is 43.0 Å². The lowest BCUT2D eigenvalue weighted by Crippen LogP contribution is -1.71. The minimum Gasteiger partial charge on any atom is -0.133 e. The third-order valence-electron chi connectivity index (χ3n) is 2.87. The number of hydrogen-bond acceptors (Lipinski definition) is 1. The summed E-state index contributed by atoms with van der Waals surface area (Å²) in [5.74, 6) is 0. The van der Waals surface area contributed by atoms with Crippen molar-refractivity contribution in [1.82, 2.24) is 0 Å². The van der Waals surface area contributed by atoms with Crippen molar-refractivity contribution < 1.29 is 0 Å². The van der Waals surface area contributed by atoms with Gasteiger partial charge in [-0.3, -0.25) is 0 Å². The first-order valence-electron chi connectivity index (χ1n) is 5.86. The van der Waals surface area contributed by atoms with Gasteiger partial charge < -0.3 is 0 Å². The van der Waals surface area contributed by atoms with E-state index in [4.69, 9.17) is 0 Å². The number of benzene rings is 2. The second-order valence-corrected chi connectivity index (χ2v) is 6.73. The molecule has 0 unspecified atom stereocenters. The molecule has 0 aliphatic carbocycles. The van der Waals surface area contributed by atoms with Gasteiger partial charge in [0.1, 0.15) is 0 Å². The zero-order valence-corrected chi connectivity index (χ0v) is 13.9. The SMILES string of the molecule is Brc1c(-c2ccccc2)sc(-c2ccccc2)c1Br. The molecule has 0 aliphatic rings. The van der Waals surface area contributed by atoms with Crippen molar-refractivity contribution in [3.05, 3.63) is 69.6 Å². The van der Waals surface area contributed by atoms with Gasteiger partial charge in [-0.15, -0.1) is 11.3 Å². The maximum Gasteiger partial charge on any atom is 0.0510 e. The van der Waals surface area contributed by atoms with Crippen LogP contribution in [-0.2, 0) is 0 Å². The minimum atomic E-state index is 1.13. The summed E-state index contributed by atoms with van der Waals surface area (Å²) >= 11 is 9.20. The molecule has 3 heteroatoms. The van der Waals surface area contributed by atoms with Crippen molar-refractivity contribution in [3.63, 3.8) is 0 Å². The van der Waals surface area contributed by atoms with Gasteiger partial charge in [-0.25, -0.2) is 0 Å². The summed E-state index contributed by atoms with van der Waals surface area (Å²) in [5.41, 5.74) is 2.48. The van der Waals surface area contributed by atoms with Crippen LogP contribution in [0.2, 0.25) is 0 Å². The van der Waals surface area contributed by atoms with Gasteiger partial charge in [0.05, 0.1) is 18.7 Å². The van der Waals surface area contributed by atoms with Crippen molar-refractivity contribution in [1.29, 1.82) is 0 Å². The summed E-state index contributed by atoms with van der Waals surface area (Å²) in [5, 5.41) is 0. The fourth-order valence-electron chi connectivity index (χ4n) is 1.94. The van der Waals surface area contributed by atoms with Crippen molar-refractivity contribution in [3.8, 4) is 20.9 Å². The summed E-state index contributed by atoms with van der Waals surface area (Å²) in [7, 11) is 0. The van der Waals surface area contributed by atoms with Crippen molar-refractivity contribution >= 4 is 43.2 Å². The number of halogens is 2. The van der Waals surface area contributed by atoms with E-state index in [9.17, 15) is 0 Å². The van der Waals surface area contributed by atoms with Gasteiger partial charge in [0, 0.05) is 0 Å². The quantitative estimate of drug-likeness (QED) is 0.459. The molecule has 0 saturated heterocycles. The van der Waals surface area contributed by atoms with Crippen molar-refractivity contribution in [2.24, 2.45) is 0 Å². The second kappa shape index (κ2) is 5.61. The Morgan fingerprint density at radius 2 is 0.947 bits per heavy atom. The Morgan fingerprint density at radius 1 is 0.579 bits per heavy atom. The molecule has 1 heterocycles. The molecule has 0 aliphatic heterocycles. The van der Waals surface area contributed by atoms with Crippen molar-refractivity contribution in [2.75, 3.05) is 0 Å². The predicted molar refractivity (Wildman–Crippen MR) is 90.6 cm³/mol. The lowest BCUT2D eigenvalue weighted by atomic mass is 10.1. The third-order valence-corrected chi connectivity index (χ3v) is 6.80. The highest BCUT2D eigenvalue weighted by atomic mass is 79.9. The van der Waals surface area contributed by atoms with Crippen LogP contribution in [0.1, 0.15) is 0 Å². The maximum absolute atomic E-state index is 3.70. The highest BCUT2D eigenvalue weighted by Crippen LogP contribution is 2.47. The normalized spacial score (nSPS) is 10.6. The average Bonchev–Trinajstić information content (AvgIpc) is 2.77. The Kier molecular flexibility index (Phi) is 3.87. The van der Waals surface area contributed by atoms with E-state index >= 15 is 0 Å². The van der Waals surface area contributed by atoms with Crippen LogP contribution < -0.4 is 0 Å². The molecular formula is C16H10Br2S. The lowest BCUT2D eigenvalue weighted by molar-refractivity contribution is 1.65. The largest absolute Gasteiger partial charge is 0.133 e. The molecule has 0 N–H and O–H groups in total. The highest BCUT2D eigenvalue weighted by Gasteiger charge is 2.16. The van der Waals surface area contributed by atoms with E-state index < -0.39 is 0 Å². The molecule has 3 rings (SSSR count). The summed E-state index contributed by atoms with van der Waals surface area (Å²) in [6.07, 6.45) is 0. The zero-order valence-electron chi connectivity index (χ0n) is 9.94. The first-order chi connectivity index (χ1) is 9.27. The molecule has 0 nitrogen and oxygen atoms in total. The van der Waals surface area contributed by atoms with E-state index in [1.807, 2.05) is 12.1 Å². The standard InChI is InChI=1S/C16H10Br2S/c17-13-14(18)16(12-9-5-2-6-10-12)19-15(13)11-7-3-1-4-8-11/h1-10H. The molecule has 0 saturated carbocycles. The number of hydrogen-bond donors (Lipinski definition) is 0. The van der Waals surface area contributed by atoms with Gasteiger partial charge in [-0.1, -0.05) is 60.7 Å². The molecule has 0 atom stereocenters. The van der Waals surface area contributed by atoms with Crippen LogP contribution in [-0.4, -0.2) is 0 Å². The van der Waals surface area contributed by atoms with E-state index in [-0.39, 0.29) is 0 Å². The fraction of sp³-hybridized carbons (Fsp3) is 0. The van der Waals surface area contributed by atoms with Gasteiger partial charge in [-0.2, -0.15) is 0 Å². The molecule has 1 aromatic heterocycles. The van der Waals surface area contributed by atoms with Crippen LogP contribution in [0.25, 0.3) is 20.9 Å². The van der Waals surface area contributed by atoms with Crippen LogP contribution in [0.15, 0.2) is 69.6 Å². The molecule has 0 spiro atoms. The minimum absolute atomic E-state index is 1.13. The topological polar surface area (TPSA) is 0 Å². The van der Waals surface area contributed by atoms with Gasteiger partial charge in [0.15, 0.2) is 0 Å². The lowest BCUT2D eigenvalue weighted by Gasteiger charge is -1.97. The average molecular weight is 394 g/mol. The Labute approximate surface area is 133 Å². The van der Waals surface area contributed by atoms with Gasteiger partial charge in [0.25, 0.3) is 0 Å². The summed E-state index contributed by atoms with van der Waals surface area (Å²) in [4.78, 5) is 2.51. The molecule has 0 fully saturated rings. The molecule has 3 aromatic rings. The van der Waals surface area contributed by atoms with Gasteiger partial charge in [0.2, 0.25) is 0 Å². The van der Waals surface area contributed by atoms with Crippen LogP contribution in [0.3, 0.4) is 0 Å². The fourth-order valence-corrected chi connectivity index (χ4v) is 4.64. The predicted octanol–water partition coefficient (Wildman–Crippen LogP) is 6.61. The number of thiophene rings is 1. The van der Waals surface area contributed by atoms with E-state index in [1.165, 1.54) is 20.9 Å². The molecule has 0 amide bonds. The molecule has 19 heavy (non-hydrogen) atoms. The Hall–Kier alpha value is -0.900. The highest BCUT2D eigenvalue weighted by molar-refractivity contribution is 9.13. The Morgan fingerprint density at radius 3 is 1.32 bits per heavy atom. The summed E-state index contributed by atoms with van der Waals surface area (Å²) < 4.78 is 2.25. The van der Waals surface area contributed by atoms with Crippen molar-refractivity contribution in [2.45, 2.75) is 0 Å². The van der Waals surface area contributed by atoms with Gasteiger partial charge >= 0.3 is 0 Å². The number of rotatable bonds is 2. The first kappa shape index (κ1) is 13.1. The monoisotopic (exact) mass is 392 g/mol. The maximum atomic E-state index is 3.70. The zero-order chi connectivity index (χ0) is 13.2. The van der Waals surface area contributed by atoms with E-state index in [0.717, 1.165) is 8.95 Å². The van der Waals surface area contributed by atoms with Crippen LogP contribution in [0.4, 0.5) is 0 Å². The van der Waals surface area contributed by atoms with E-state index in [2.05, 4.69) is 80.4 Å². The Bertz CT molecular complexity index is 628. The van der Waals surface area contributed by atoms with Crippen LogP contribution >= 0.6 is 43.2 Å². The third kappa shape index (κ3) is 2.55. The van der Waals surface area contributed by atoms with Crippen LogP contribution in [0, 0.1) is 0 Å². The van der Waals surface area contributed by atoms with E-state index in [0.29, 0.717) is 0 Å². The second-order valence-electron chi connectivity index (χ2n) is 4.12. The molecule has 0 radical (unpaired) electrons. The molecule has 0 bridgehead atoms. The van der Waals surface area contributed by atoms with Crippen LogP contribution in [0.5, 0.6) is 0 Å². The molecule has 94 valence electrons. The summed E-state index contributed by atoms with van der Waals surface area (Å²) in [6, 6.07) is 20.9. The first-order valence-corrected chi connectivity index (χ1v) is 8.26. The Balaban J connectivity index is 2.16. The van der Waals surface area contributed by atoms with E-state index in [1.54, 1.807) is 11.3 Å². The smallest absolute Gasteiger partial charge is 0.0510 e. The molecule has 2 aromatic carbocycles. The molecular weight excluding hydrogens is 384 g/mol. The summed E-state index contributed by atoms with van der Waals surface area (Å²) in [6.45, 7) is 0.